The van der Waals surface area contributed by atoms with Crippen LogP contribution in [0, 0.1) is 18.3 Å². The van der Waals surface area contributed by atoms with E-state index in [0.29, 0.717) is 28.7 Å². The summed E-state index contributed by atoms with van der Waals surface area (Å²) in [4.78, 5) is 12.1. The molecular formula is C27H20N4O4. The predicted octanol–water partition coefficient (Wildman–Crippen LogP) is 4.61. The van der Waals surface area contributed by atoms with Crippen LogP contribution in [0.4, 0.5) is 0 Å². The molecule has 8 nitrogen and oxygen atoms in total. The lowest BCUT2D eigenvalue weighted by Crippen LogP contribution is -2.22. The van der Waals surface area contributed by atoms with E-state index >= 15 is 0 Å². The highest BCUT2D eigenvalue weighted by molar-refractivity contribution is 5.88. The average molecular weight is 464 g/mol. The number of nitriles is 1. The molecule has 0 fully saturated rings. The van der Waals surface area contributed by atoms with Crippen molar-refractivity contribution in [1.29, 1.82) is 5.26 Å². The SMILES string of the molecule is Cc1nn(-c2ccccc2)c2c1C(c1ccc(OC(=O)/C=C/c3ccco3)cc1)C(C#N)=C(N)O2. The molecule has 3 heterocycles. The smallest absolute Gasteiger partial charge is 0.336 e. The summed E-state index contributed by atoms with van der Waals surface area (Å²) in [5.74, 6) is 0.387. The lowest BCUT2D eigenvalue weighted by molar-refractivity contribution is -0.128. The van der Waals surface area contributed by atoms with Gasteiger partial charge in [0.15, 0.2) is 0 Å². The van der Waals surface area contributed by atoms with Gasteiger partial charge in [-0.3, -0.25) is 0 Å². The third-order valence-corrected chi connectivity index (χ3v) is 5.59. The van der Waals surface area contributed by atoms with Crippen LogP contribution in [0.5, 0.6) is 11.6 Å². The summed E-state index contributed by atoms with van der Waals surface area (Å²) >= 11 is 0. The van der Waals surface area contributed by atoms with Gasteiger partial charge in [-0.2, -0.15) is 10.4 Å². The fourth-order valence-electron chi connectivity index (χ4n) is 4.01. The zero-order chi connectivity index (χ0) is 24.4. The maximum atomic E-state index is 12.1. The molecule has 1 aliphatic rings. The van der Waals surface area contributed by atoms with Gasteiger partial charge in [0, 0.05) is 6.08 Å². The molecule has 1 atom stereocenters. The fraction of sp³-hybridized carbons (Fsp3) is 0.0741. The number of nitrogens with two attached hydrogens (primary N) is 1. The standard InChI is InChI=1S/C27H20N4O4/c1-17-24-25(18-9-11-21(12-10-18)34-23(32)14-13-20-8-5-15-33-20)22(16-28)26(29)35-27(24)31(30-17)19-6-3-2-4-7-19/h2-15,25H,29H2,1H3/b14-13+. The molecule has 2 N–H and O–H groups in total. The largest absolute Gasteiger partial charge is 0.465 e. The third kappa shape index (κ3) is 4.18. The zero-order valence-electron chi connectivity index (χ0n) is 18.7. The van der Waals surface area contributed by atoms with Gasteiger partial charge in [-0.05, 0) is 55.0 Å². The molecule has 1 unspecified atom stereocenters. The van der Waals surface area contributed by atoms with Gasteiger partial charge in [0.2, 0.25) is 11.8 Å². The number of aromatic nitrogens is 2. The number of nitrogens with zero attached hydrogens (tertiary/aromatic N) is 3. The predicted molar refractivity (Wildman–Crippen MR) is 127 cm³/mol. The van der Waals surface area contributed by atoms with Crippen LogP contribution in [-0.4, -0.2) is 15.7 Å². The zero-order valence-corrected chi connectivity index (χ0v) is 18.7. The molecule has 4 aromatic rings. The fourth-order valence-corrected chi connectivity index (χ4v) is 4.01. The molecule has 0 saturated heterocycles. The van der Waals surface area contributed by atoms with E-state index in [1.807, 2.05) is 37.3 Å². The minimum Gasteiger partial charge on any atom is -0.465 e. The van der Waals surface area contributed by atoms with Crippen LogP contribution in [-0.2, 0) is 4.79 Å². The van der Waals surface area contributed by atoms with Gasteiger partial charge >= 0.3 is 5.97 Å². The number of furan rings is 1. The molecule has 0 aliphatic carbocycles. The highest BCUT2D eigenvalue weighted by Gasteiger charge is 2.36. The van der Waals surface area contributed by atoms with Crippen molar-refractivity contribution in [2.75, 3.05) is 0 Å². The Balaban J connectivity index is 1.46. The van der Waals surface area contributed by atoms with Crippen molar-refractivity contribution < 1.29 is 18.7 Å². The molecule has 0 bridgehead atoms. The van der Waals surface area contributed by atoms with E-state index < -0.39 is 11.9 Å². The van der Waals surface area contributed by atoms with Gasteiger partial charge in [-0.1, -0.05) is 30.3 Å². The number of fused-ring (bicyclic) bond motifs is 1. The Labute approximate surface area is 201 Å². The second-order valence-corrected chi connectivity index (χ2v) is 7.82. The van der Waals surface area contributed by atoms with E-state index in [1.165, 1.54) is 18.4 Å². The normalized spacial score (nSPS) is 14.9. The Morgan fingerprint density at radius 2 is 1.91 bits per heavy atom. The van der Waals surface area contributed by atoms with Crippen molar-refractivity contribution in [2.45, 2.75) is 12.8 Å². The first-order valence-corrected chi connectivity index (χ1v) is 10.8. The lowest BCUT2D eigenvalue weighted by atomic mass is 9.84. The molecule has 35 heavy (non-hydrogen) atoms. The van der Waals surface area contributed by atoms with Crippen molar-refractivity contribution >= 4 is 12.0 Å². The molecule has 2 aromatic carbocycles. The van der Waals surface area contributed by atoms with Crippen molar-refractivity contribution in [3.8, 4) is 23.4 Å². The molecule has 0 spiro atoms. The first kappa shape index (κ1) is 21.8. The molecule has 0 saturated carbocycles. The summed E-state index contributed by atoms with van der Waals surface area (Å²) < 4.78 is 18.1. The molecule has 5 rings (SSSR count). The van der Waals surface area contributed by atoms with Crippen LogP contribution in [0.25, 0.3) is 11.8 Å². The third-order valence-electron chi connectivity index (χ3n) is 5.59. The van der Waals surface area contributed by atoms with Crippen LogP contribution >= 0.6 is 0 Å². The molecule has 8 heteroatoms. The summed E-state index contributed by atoms with van der Waals surface area (Å²) in [6.45, 7) is 1.87. The highest BCUT2D eigenvalue weighted by Crippen LogP contribution is 2.44. The Morgan fingerprint density at radius 3 is 2.60 bits per heavy atom. The van der Waals surface area contributed by atoms with E-state index in [1.54, 1.807) is 41.1 Å². The van der Waals surface area contributed by atoms with Gasteiger partial charge in [0.1, 0.15) is 23.2 Å². The molecule has 172 valence electrons. The quantitative estimate of drug-likeness (QED) is 0.260. The van der Waals surface area contributed by atoms with E-state index in [2.05, 4.69) is 11.2 Å². The number of hydrogen-bond donors (Lipinski definition) is 1. The Bertz CT molecular complexity index is 1470. The van der Waals surface area contributed by atoms with Gasteiger partial charge in [-0.15, -0.1) is 0 Å². The summed E-state index contributed by atoms with van der Waals surface area (Å²) in [5, 5.41) is 14.5. The Morgan fingerprint density at radius 1 is 1.14 bits per heavy atom. The number of hydrogen-bond acceptors (Lipinski definition) is 7. The number of para-hydroxylation sites is 1. The number of aryl methyl sites for hydroxylation is 1. The summed E-state index contributed by atoms with van der Waals surface area (Å²) in [6.07, 6.45) is 4.34. The summed E-state index contributed by atoms with van der Waals surface area (Å²) in [7, 11) is 0. The Hall–Kier alpha value is -5.03. The molecule has 1 aliphatic heterocycles. The number of allylic oxidation sites excluding steroid dienone is 1. The molecule has 2 aromatic heterocycles. The average Bonchev–Trinajstić information content (AvgIpc) is 3.51. The Kier molecular flexibility index (Phi) is 5.65. The van der Waals surface area contributed by atoms with E-state index in [9.17, 15) is 10.1 Å². The number of ether oxygens (including phenoxy) is 2. The molecule has 0 amide bonds. The first-order chi connectivity index (χ1) is 17.0. The number of carbonyl (C=O) groups excluding carboxylic acids is 1. The minimum absolute atomic E-state index is 0.0284. The second-order valence-electron chi connectivity index (χ2n) is 7.82. The first-order valence-electron chi connectivity index (χ1n) is 10.8. The van der Waals surface area contributed by atoms with Gasteiger partial charge in [0.25, 0.3) is 0 Å². The van der Waals surface area contributed by atoms with Crippen LogP contribution in [0.15, 0.2) is 94.9 Å². The summed E-state index contributed by atoms with van der Waals surface area (Å²) in [5.41, 5.74) is 9.53. The van der Waals surface area contributed by atoms with Gasteiger partial charge in [0.05, 0.1) is 29.1 Å². The number of rotatable bonds is 5. The molecule has 0 radical (unpaired) electrons. The van der Waals surface area contributed by atoms with Crippen molar-refractivity contribution in [3.63, 3.8) is 0 Å². The van der Waals surface area contributed by atoms with Crippen LogP contribution in [0.2, 0.25) is 0 Å². The number of carbonyl (C=O) groups is 1. The minimum atomic E-state index is -0.538. The maximum Gasteiger partial charge on any atom is 0.336 e. The number of esters is 1. The van der Waals surface area contributed by atoms with E-state index in [4.69, 9.17) is 19.6 Å². The lowest BCUT2D eigenvalue weighted by Gasteiger charge is -2.25. The van der Waals surface area contributed by atoms with Crippen LogP contribution in [0.1, 0.15) is 28.5 Å². The molecular weight excluding hydrogens is 444 g/mol. The maximum absolute atomic E-state index is 12.1. The highest BCUT2D eigenvalue weighted by atomic mass is 16.5. The van der Waals surface area contributed by atoms with Gasteiger partial charge < -0.3 is 19.6 Å². The second kappa shape index (κ2) is 9.08. The van der Waals surface area contributed by atoms with Crippen molar-refractivity contribution in [1.82, 2.24) is 9.78 Å². The van der Waals surface area contributed by atoms with Crippen LogP contribution in [0.3, 0.4) is 0 Å². The number of benzene rings is 2. The van der Waals surface area contributed by atoms with Gasteiger partial charge in [-0.25, -0.2) is 9.48 Å². The van der Waals surface area contributed by atoms with Crippen molar-refractivity contribution in [3.05, 3.63) is 113 Å². The van der Waals surface area contributed by atoms with Crippen molar-refractivity contribution in [2.24, 2.45) is 5.73 Å². The summed E-state index contributed by atoms with van der Waals surface area (Å²) in [6, 6.07) is 22.1. The monoisotopic (exact) mass is 464 g/mol. The topological polar surface area (TPSA) is 116 Å². The van der Waals surface area contributed by atoms with E-state index in [0.717, 1.165) is 16.8 Å². The van der Waals surface area contributed by atoms with E-state index in [-0.39, 0.29) is 5.88 Å². The van der Waals surface area contributed by atoms with Crippen LogP contribution < -0.4 is 15.2 Å².